The Kier molecular flexibility index (Phi) is 3.96. The zero-order chi connectivity index (χ0) is 13.0. The second-order valence-corrected chi connectivity index (χ2v) is 5.04. The van der Waals surface area contributed by atoms with E-state index in [2.05, 4.69) is 34.7 Å². The van der Waals surface area contributed by atoms with Crippen molar-refractivity contribution in [2.45, 2.75) is 26.8 Å². The fourth-order valence-electron chi connectivity index (χ4n) is 1.78. The van der Waals surface area contributed by atoms with Gasteiger partial charge in [0, 0.05) is 10.6 Å². The average molecular weight is 257 g/mol. The van der Waals surface area contributed by atoms with Gasteiger partial charge in [-0.05, 0) is 42.5 Å². The van der Waals surface area contributed by atoms with Gasteiger partial charge < -0.3 is 5.32 Å². The quantitative estimate of drug-likeness (QED) is 0.912. The van der Waals surface area contributed by atoms with E-state index in [-0.39, 0.29) is 0 Å². The molecule has 0 unspecified atom stereocenters. The van der Waals surface area contributed by atoms with E-state index in [0.29, 0.717) is 11.4 Å². The van der Waals surface area contributed by atoms with Crippen LogP contribution in [-0.4, -0.2) is 4.98 Å². The highest BCUT2D eigenvalue weighted by Crippen LogP contribution is 2.20. The number of pyridine rings is 1. The Hall–Kier alpha value is -1.86. The summed E-state index contributed by atoms with van der Waals surface area (Å²) < 4.78 is 0. The van der Waals surface area contributed by atoms with Gasteiger partial charge in [-0.1, -0.05) is 6.92 Å². The van der Waals surface area contributed by atoms with Crippen LogP contribution in [0.1, 0.15) is 28.6 Å². The molecule has 0 aliphatic heterocycles. The van der Waals surface area contributed by atoms with Crippen molar-refractivity contribution >= 4 is 17.2 Å². The number of hydrogen-bond acceptors (Lipinski definition) is 4. The zero-order valence-corrected chi connectivity index (χ0v) is 11.3. The molecule has 2 heterocycles. The van der Waals surface area contributed by atoms with Crippen molar-refractivity contribution in [2.75, 3.05) is 5.32 Å². The molecule has 0 aliphatic rings. The van der Waals surface area contributed by atoms with Gasteiger partial charge in [-0.3, -0.25) is 0 Å². The lowest BCUT2D eigenvalue weighted by molar-refractivity contribution is 1.06. The smallest absolute Gasteiger partial charge is 0.144 e. The van der Waals surface area contributed by atoms with Crippen molar-refractivity contribution in [3.8, 4) is 6.07 Å². The van der Waals surface area contributed by atoms with Gasteiger partial charge in [0.1, 0.15) is 11.9 Å². The maximum absolute atomic E-state index is 9.04. The van der Waals surface area contributed by atoms with E-state index in [0.717, 1.165) is 18.7 Å². The Labute approximate surface area is 111 Å². The standard InChI is InChI=1S/C14H15N3S/c1-3-11-6-7-18-13(11)9-16-14-12(8-15)5-4-10(2)17-14/h4-7H,3,9H2,1-2H3,(H,16,17). The molecule has 1 N–H and O–H groups in total. The van der Waals surface area contributed by atoms with E-state index in [4.69, 9.17) is 5.26 Å². The van der Waals surface area contributed by atoms with Gasteiger partial charge in [0.15, 0.2) is 0 Å². The van der Waals surface area contributed by atoms with Gasteiger partial charge in [-0.2, -0.15) is 5.26 Å². The largest absolute Gasteiger partial charge is 0.364 e. The summed E-state index contributed by atoms with van der Waals surface area (Å²) in [5.74, 6) is 0.674. The Morgan fingerprint density at radius 1 is 1.39 bits per heavy atom. The van der Waals surface area contributed by atoms with Crippen LogP contribution in [0.2, 0.25) is 0 Å². The molecule has 0 radical (unpaired) electrons. The summed E-state index contributed by atoms with van der Waals surface area (Å²) in [6, 6.07) is 7.97. The highest BCUT2D eigenvalue weighted by atomic mass is 32.1. The SMILES string of the molecule is CCc1ccsc1CNc1nc(C)ccc1C#N. The maximum atomic E-state index is 9.04. The number of nitrogens with one attached hydrogen (secondary N) is 1. The molecule has 0 aliphatic carbocycles. The van der Waals surface area contributed by atoms with Gasteiger partial charge >= 0.3 is 0 Å². The summed E-state index contributed by atoms with van der Waals surface area (Å²) in [6.07, 6.45) is 1.03. The van der Waals surface area contributed by atoms with Crippen molar-refractivity contribution in [1.29, 1.82) is 5.26 Å². The van der Waals surface area contributed by atoms with Crippen LogP contribution in [-0.2, 0) is 13.0 Å². The lowest BCUT2D eigenvalue weighted by atomic mass is 10.2. The summed E-state index contributed by atoms with van der Waals surface area (Å²) in [7, 11) is 0. The van der Waals surface area contributed by atoms with Crippen molar-refractivity contribution in [3.63, 3.8) is 0 Å². The molecular weight excluding hydrogens is 242 g/mol. The molecule has 3 nitrogen and oxygen atoms in total. The van der Waals surface area contributed by atoms with Gasteiger partial charge in [-0.25, -0.2) is 4.98 Å². The van der Waals surface area contributed by atoms with Crippen LogP contribution in [0.4, 0.5) is 5.82 Å². The first kappa shape index (κ1) is 12.6. The molecule has 0 atom stereocenters. The van der Waals surface area contributed by atoms with E-state index in [1.54, 1.807) is 17.4 Å². The van der Waals surface area contributed by atoms with Crippen LogP contribution < -0.4 is 5.32 Å². The highest BCUT2D eigenvalue weighted by Gasteiger charge is 2.06. The number of nitrogens with zero attached hydrogens (tertiary/aromatic N) is 2. The molecule has 0 saturated carbocycles. The topological polar surface area (TPSA) is 48.7 Å². The molecule has 0 amide bonds. The molecular formula is C14H15N3S. The highest BCUT2D eigenvalue weighted by molar-refractivity contribution is 7.10. The number of rotatable bonds is 4. The number of aryl methyl sites for hydroxylation is 2. The van der Waals surface area contributed by atoms with Crippen molar-refractivity contribution in [1.82, 2.24) is 4.98 Å². The molecule has 92 valence electrons. The number of hydrogen-bond donors (Lipinski definition) is 1. The minimum Gasteiger partial charge on any atom is -0.364 e. The first-order valence-corrected chi connectivity index (χ1v) is 6.79. The third kappa shape index (κ3) is 2.69. The van der Waals surface area contributed by atoms with Crippen LogP contribution in [0.3, 0.4) is 0 Å². The summed E-state index contributed by atoms with van der Waals surface area (Å²) in [5.41, 5.74) is 2.87. The lowest BCUT2D eigenvalue weighted by Gasteiger charge is -2.08. The molecule has 2 aromatic heterocycles. The zero-order valence-electron chi connectivity index (χ0n) is 10.5. The fraction of sp³-hybridized carbons (Fsp3) is 0.286. The number of anilines is 1. The van der Waals surface area contributed by atoms with E-state index < -0.39 is 0 Å². The summed E-state index contributed by atoms with van der Waals surface area (Å²) >= 11 is 1.74. The molecule has 18 heavy (non-hydrogen) atoms. The minimum absolute atomic E-state index is 0.593. The van der Waals surface area contributed by atoms with E-state index >= 15 is 0 Å². The second kappa shape index (κ2) is 5.65. The molecule has 4 heteroatoms. The first-order valence-electron chi connectivity index (χ1n) is 5.91. The monoisotopic (exact) mass is 257 g/mol. The van der Waals surface area contributed by atoms with Crippen molar-refractivity contribution in [3.05, 3.63) is 45.3 Å². The maximum Gasteiger partial charge on any atom is 0.144 e. The average Bonchev–Trinajstić information content (AvgIpc) is 2.84. The Morgan fingerprint density at radius 3 is 2.94 bits per heavy atom. The molecule has 0 saturated heterocycles. The van der Waals surface area contributed by atoms with Crippen LogP contribution in [0, 0.1) is 18.3 Å². The molecule has 0 aromatic carbocycles. The second-order valence-electron chi connectivity index (χ2n) is 4.04. The third-order valence-electron chi connectivity index (χ3n) is 2.79. The first-order chi connectivity index (χ1) is 8.74. The lowest BCUT2D eigenvalue weighted by Crippen LogP contribution is -2.04. The summed E-state index contributed by atoms with van der Waals surface area (Å²) in [5, 5.41) is 14.4. The predicted molar refractivity (Wildman–Crippen MR) is 74.7 cm³/mol. The van der Waals surface area contributed by atoms with Gasteiger partial charge in [0.25, 0.3) is 0 Å². The van der Waals surface area contributed by atoms with Crippen LogP contribution in [0.15, 0.2) is 23.6 Å². The Morgan fingerprint density at radius 2 is 2.22 bits per heavy atom. The minimum atomic E-state index is 0.593. The van der Waals surface area contributed by atoms with Gasteiger partial charge in [0.05, 0.1) is 12.1 Å². The predicted octanol–water partition coefficient (Wildman–Crippen LogP) is 3.50. The Balaban J connectivity index is 2.15. The van der Waals surface area contributed by atoms with Crippen LogP contribution in [0.25, 0.3) is 0 Å². The summed E-state index contributed by atoms with van der Waals surface area (Å²) in [6.45, 7) is 4.80. The number of aromatic nitrogens is 1. The Bertz CT molecular complexity index is 581. The molecule has 0 fully saturated rings. The molecule has 2 aromatic rings. The molecule has 2 rings (SSSR count). The third-order valence-corrected chi connectivity index (χ3v) is 3.75. The van der Waals surface area contributed by atoms with Crippen molar-refractivity contribution in [2.24, 2.45) is 0 Å². The number of nitriles is 1. The van der Waals surface area contributed by atoms with E-state index in [9.17, 15) is 0 Å². The van der Waals surface area contributed by atoms with Gasteiger partial charge in [-0.15, -0.1) is 11.3 Å². The van der Waals surface area contributed by atoms with Crippen LogP contribution in [0.5, 0.6) is 0 Å². The van der Waals surface area contributed by atoms with Crippen molar-refractivity contribution < 1.29 is 0 Å². The van der Waals surface area contributed by atoms with Crippen LogP contribution >= 0.6 is 11.3 Å². The normalized spacial score (nSPS) is 10.1. The summed E-state index contributed by atoms with van der Waals surface area (Å²) in [4.78, 5) is 5.68. The van der Waals surface area contributed by atoms with E-state index in [1.165, 1.54) is 10.4 Å². The molecule has 0 bridgehead atoms. The number of thiophene rings is 1. The fourth-order valence-corrected chi connectivity index (χ4v) is 2.70. The van der Waals surface area contributed by atoms with E-state index in [1.807, 2.05) is 13.0 Å². The molecule has 0 spiro atoms. The van der Waals surface area contributed by atoms with Gasteiger partial charge in [0.2, 0.25) is 0 Å².